The van der Waals surface area contributed by atoms with Crippen molar-refractivity contribution < 1.29 is 0 Å². The molecule has 0 amide bonds. The highest BCUT2D eigenvalue weighted by Crippen LogP contribution is 2.28. The van der Waals surface area contributed by atoms with Crippen molar-refractivity contribution in [3.8, 4) is 0 Å². The molecular weight excluding hydrogens is 244 g/mol. The Bertz CT molecular complexity index is 508. The van der Waals surface area contributed by atoms with E-state index in [2.05, 4.69) is 78.7 Å². The van der Waals surface area contributed by atoms with E-state index in [4.69, 9.17) is 0 Å². The summed E-state index contributed by atoms with van der Waals surface area (Å²) in [6.45, 7) is 7.35. The van der Waals surface area contributed by atoms with Gasteiger partial charge in [0.25, 0.3) is 0 Å². The predicted molar refractivity (Wildman–Crippen MR) is 87.6 cm³/mol. The van der Waals surface area contributed by atoms with Crippen molar-refractivity contribution in [3.63, 3.8) is 0 Å². The van der Waals surface area contributed by atoms with Crippen molar-refractivity contribution in [1.82, 2.24) is 5.32 Å². The lowest BCUT2D eigenvalue weighted by Crippen LogP contribution is -2.20. The molecule has 0 radical (unpaired) electrons. The topological polar surface area (TPSA) is 15.3 Å². The summed E-state index contributed by atoms with van der Waals surface area (Å²) in [5.41, 5.74) is 3.90. The number of hydrogen-bond acceptors (Lipinski definition) is 2. The van der Waals surface area contributed by atoms with Gasteiger partial charge in [0.2, 0.25) is 0 Å². The molecule has 0 bridgehead atoms. The van der Waals surface area contributed by atoms with Crippen LogP contribution in [0.1, 0.15) is 25.8 Å². The van der Waals surface area contributed by atoms with Crippen LogP contribution in [0.2, 0.25) is 0 Å². The van der Waals surface area contributed by atoms with Crippen molar-refractivity contribution in [2.75, 3.05) is 18.0 Å². The van der Waals surface area contributed by atoms with E-state index in [1.807, 2.05) is 0 Å². The van der Waals surface area contributed by atoms with Crippen LogP contribution in [0, 0.1) is 0 Å². The van der Waals surface area contributed by atoms with Crippen LogP contribution >= 0.6 is 0 Å². The summed E-state index contributed by atoms with van der Waals surface area (Å²) in [7, 11) is 0. The molecule has 0 heterocycles. The van der Waals surface area contributed by atoms with Crippen LogP contribution < -0.4 is 10.2 Å². The molecule has 0 fully saturated rings. The van der Waals surface area contributed by atoms with Gasteiger partial charge in [0.1, 0.15) is 0 Å². The molecule has 1 N–H and O–H groups in total. The highest BCUT2D eigenvalue weighted by Gasteiger charge is 2.10. The van der Waals surface area contributed by atoms with E-state index in [1.165, 1.54) is 23.4 Å². The number of para-hydroxylation sites is 2. The average Bonchev–Trinajstić information content (AvgIpc) is 2.51. The molecule has 0 aliphatic heterocycles. The van der Waals surface area contributed by atoms with E-state index in [1.54, 1.807) is 0 Å². The van der Waals surface area contributed by atoms with Gasteiger partial charge >= 0.3 is 0 Å². The van der Waals surface area contributed by atoms with Crippen LogP contribution in [-0.4, -0.2) is 13.1 Å². The zero-order valence-corrected chi connectivity index (χ0v) is 12.5. The summed E-state index contributed by atoms with van der Waals surface area (Å²) in [5, 5.41) is 3.50. The van der Waals surface area contributed by atoms with Gasteiger partial charge in [-0.3, -0.25) is 0 Å². The third kappa shape index (κ3) is 3.61. The fraction of sp³-hybridized carbons (Fsp3) is 0.333. The van der Waals surface area contributed by atoms with Gasteiger partial charge in [0.05, 0.1) is 0 Å². The summed E-state index contributed by atoms with van der Waals surface area (Å²) < 4.78 is 0. The standard InChI is InChI=1S/C18H24N2/c1-3-14-19-15-16-10-8-9-13-18(16)20(4-2)17-11-6-5-7-12-17/h5-13,19H,3-4,14-15H2,1-2H3. The first-order valence-electron chi connectivity index (χ1n) is 7.48. The van der Waals surface area contributed by atoms with Gasteiger partial charge in [-0.2, -0.15) is 0 Å². The third-order valence-corrected chi connectivity index (χ3v) is 3.41. The largest absolute Gasteiger partial charge is 0.342 e. The maximum Gasteiger partial charge on any atom is 0.0456 e. The zero-order chi connectivity index (χ0) is 14.2. The first-order chi connectivity index (χ1) is 9.86. The van der Waals surface area contributed by atoms with E-state index in [0.29, 0.717) is 0 Å². The lowest BCUT2D eigenvalue weighted by Gasteiger charge is -2.26. The minimum atomic E-state index is 0.924. The molecule has 2 rings (SSSR count). The summed E-state index contributed by atoms with van der Waals surface area (Å²) in [4.78, 5) is 2.36. The summed E-state index contributed by atoms with van der Waals surface area (Å²) in [6.07, 6.45) is 1.17. The molecule has 2 aromatic carbocycles. The third-order valence-electron chi connectivity index (χ3n) is 3.41. The van der Waals surface area contributed by atoms with E-state index in [-0.39, 0.29) is 0 Å². The lowest BCUT2D eigenvalue weighted by atomic mass is 10.1. The summed E-state index contributed by atoms with van der Waals surface area (Å²) in [5.74, 6) is 0. The normalized spacial score (nSPS) is 10.5. The highest BCUT2D eigenvalue weighted by molar-refractivity contribution is 5.66. The smallest absolute Gasteiger partial charge is 0.0456 e. The number of nitrogens with one attached hydrogen (secondary N) is 1. The second-order valence-corrected chi connectivity index (χ2v) is 4.89. The number of anilines is 2. The average molecular weight is 268 g/mol. The van der Waals surface area contributed by atoms with Crippen molar-refractivity contribution in [2.24, 2.45) is 0 Å². The molecule has 106 valence electrons. The molecule has 0 saturated carbocycles. The van der Waals surface area contributed by atoms with Gasteiger partial charge in [-0.1, -0.05) is 43.3 Å². The molecule has 0 aromatic heterocycles. The number of nitrogens with zero attached hydrogens (tertiary/aromatic N) is 1. The number of hydrogen-bond donors (Lipinski definition) is 1. The van der Waals surface area contributed by atoms with Gasteiger partial charge in [0.15, 0.2) is 0 Å². The molecule has 2 nitrogen and oxygen atoms in total. The van der Waals surface area contributed by atoms with Crippen molar-refractivity contribution in [3.05, 3.63) is 60.2 Å². The van der Waals surface area contributed by atoms with Gasteiger partial charge < -0.3 is 10.2 Å². The van der Waals surface area contributed by atoms with Crippen LogP contribution in [0.15, 0.2) is 54.6 Å². The molecular formula is C18H24N2. The first-order valence-corrected chi connectivity index (χ1v) is 7.48. The minimum absolute atomic E-state index is 0.924. The van der Waals surface area contributed by atoms with Crippen LogP contribution in [0.4, 0.5) is 11.4 Å². The highest BCUT2D eigenvalue weighted by atomic mass is 15.1. The Labute approximate surface area is 122 Å². The van der Waals surface area contributed by atoms with Gasteiger partial charge in [-0.15, -0.1) is 0 Å². The van der Waals surface area contributed by atoms with E-state index in [9.17, 15) is 0 Å². The molecule has 2 heteroatoms. The van der Waals surface area contributed by atoms with Crippen molar-refractivity contribution >= 4 is 11.4 Å². The predicted octanol–water partition coefficient (Wildman–Crippen LogP) is 4.34. The van der Waals surface area contributed by atoms with Crippen LogP contribution in [0.5, 0.6) is 0 Å². The van der Waals surface area contributed by atoms with Crippen LogP contribution in [0.3, 0.4) is 0 Å². The summed E-state index contributed by atoms with van der Waals surface area (Å²) >= 11 is 0. The fourth-order valence-corrected chi connectivity index (χ4v) is 2.42. The molecule has 20 heavy (non-hydrogen) atoms. The molecule has 0 unspecified atom stereocenters. The first kappa shape index (κ1) is 14.6. The molecule has 2 aromatic rings. The Morgan fingerprint density at radius 1 is 0.900 bits per heavy atom. The molecule has 0 aliphatic carbocycles. The fourth-order valence-electron chi connectivity index (χ4n) is 2.42. The second kappa shape index (κ2) is 7.71. The molecule has 0 saturated heterocycles. The molecule has 0 spiro atoms. The van der Waals surface area contributed by atoms with Gasteiger partial charge in [-0.05, 0) is 43.7 Å². The molecule has 0 aliphatic rings. The maximum absolute atomic E-state index is 3.50. The summed E-state index contributed by atoms with van der Waals surface area (Å²) in [6, 6.07) is 19.2. The van der Waals surface area contributed by atoms with E-state index in [0.717, 1.165) is 19.6 Å². The SMILES string of the molecule is CCCNCc1ccccc1N(CC)c1ccccc1. The number of benzene rings is 2. The van der Waals surface area contributed by atoms with Gasteiger partial charge in [-0.25, -0.2) is 0 Å². The van der Waals surface area contributed by atoms with Crippen molar-refractivity contribution in [2.45, 2.75) is 26.8 Å². The maximum atomic E-state index is 3.50. The minimum Gasteiger partial charge on any atom is -0.342 e. The zero-order valence-electron chi connectivity index (χ0n) is 12.5. The van der Waals surface area contributed by atoms with E-state index >= 15 is 0 Å². The second-order valence-electron chi connectivity index (χ2n) is 4.89. The quantitative estimate of drug-likeness (QED) is 0.751. The molecule has 0 atom stereocenters. The number of rotatable bonds is 7. The Kier molecular flexibility index (Phi) is 5.63. The van der Waals surface area contributed by atoms with Crippen LogP contribution in [0.25, 0.3) is 0 Å². The Balaban J connectivity index is 2.25. The van der Waals surface area contributed by atoms with E-state index < -0.39 is 0 Å². The van der Waals surface area contributed by atoms with Gasteiger partial charge in [0, 0.05) is 24.5 Å². The Morgan fingerprint density at radius 3 is 2.30 bits per heavy atom. The lowest BCUT2D eigenvalue weighted by molar-refractivity contribution is 0.675. The van der Waals surface area contributed by atoms with Crippen LogP contribution in [-0.2, 0) is 6.54 Å². The monoisotopic (exact) mass is 268 g/mol. The van der Waals surface area contributed by atoms with Crippen molar-refractivity contribution in [1.29, 1.82) is 0 Å². The Hall–Kier alpha value is -1.80. The Morgan fingerprint density at radius 2 is 1.60 bits per heavy atom.